The quantitative estimate of drug-likeness (QED) is 0.697. The van der Waals surface area contributed by atoms with Crippen LogP contribution in [0.3, 0.4) is 0 Å². The molecule has 6 nitrogen and oxygen atoms in total. The van der Waals surface area contributed by atoms with Crippen molar-refractivity contribution in [3.05, 3.63) is 18.2 Å². The van der Waals surface area contributed by atoms with Crippen molar-refractivity contribution < 1.29 is 13.2 Å². The highest BCUT2D eigenvalue weighted by Crippen LogP contribution is 2.25. The number of hydrogen-bond donors (Lipinski definition) is 2. The molecule has 3 N–H and O–H groups in total. The molecule has 0 atom stereocenters. The van der Waals surface area contributed by atoms with Crippen LogP contribution in [0.2, 0.25) is 0 Å². The lowest BCUT2D eigenvalue weighted by atomic mass is 10.3. The summed E-state index contributed by atoms with van der Waals surface area (Å²) in [6.07, 6.45) is 0. The number of rotatable bonds is 8. The first kappa shape index (κ1) is 16.7. The Morgan fingerprint density at radius 3 is 2.50 bits per heavy atom. The van der Waals surface area contributed by atoms with Gasteiger partial charge in [-0.2, -0.15) is 0 Å². The second-order valence-corrected chi connectivity index (χ2v) is 6.07. The molecule has 1 aromatic rings. The Morgan fingerprint density at radius 1 is 1.30 bits per heavy atom. The van der Waals surface area contributed by atoms with Crippen molar-refractivity contribution in [1.82, 2.24) is 9.62 Å². The summed E-state index contributed by atoms with van der Waals surface area (Å²) in [5.74, 6) is 0.250. The lowest BCUT2D eigenvalue weighted by molar-refractivity contribution is 0.309. The van der Waals surface area contributed by atoms with Gasteiger partial charge in [0.15, 0.2) is 0 Å². The Hall–Kier alpha value is -1.31. The summed E-state index contributed by atoms with van der Waals surface area (Å²) in [6, 6.07) is 4.49. The molecule has 1 aromatic carbocycles. The molecular weight excluding hydrogens is 278 g/mol. The maximum absolute atomic E-state index is 12.2. The van der Waals surface area contributed by atoms with Gasteiger partial charge in [0.1, 0.15) is 10.6 Å². The molecule has 0 saturated heterocycles. The lowest BCUT2D eigenvalue weighted by Crippen LogP contribution is -2.34. The molecular formula is C13H23N3O3S. The molecule has 0 aromatic heterocycles. The smallest absolute Gasteiger partial charge is 0.244 e. The molecule has 0 unspecified atom stereocenters. The zero-order valence-electron chi connectivity index (χ0n) is 12.2. The van der Waals surface area contributed by atoms with Crippen LogP contribution in [-0.4, -0.2) is 46.6 Å². The molecule has 1 rings (SSSR count). The number of sulfonamides is 1. The van der Waals surface area contributed by atoms with Crippen LogP contribution in [0.5, 0.6) is 5.75 Å². The van der Waals surface area contributed by atoms with E-state index in [4.69, 9.17) is 10.5 Å². The first-order valence-electron chi connectivity index (χ1n) is 6.60. The molecule has 0 amide bonds. The van der Waals surface area contributed by atoms with Gasteiger partial charge in [0, 0.05) is 24.8 Å². The average Bonchev–Trinajstić information content (AvgIpc) is 2.43. The van der Waals surface area contributed by atoms with Crippen molar-refractivity contribution in [1.29, 1.82) is 0 Å². The first-order chi connectivity index (χ1) is 9.44. The van der Waals surface area contributed by atoms with Crippen molar-refractivity contribution >= 4 is 15.7 Å². The molecule has 0 aliphatic carbocycles. The minimum atomic E-state index is -3.59. The molecule has 0 spiro atoms. The normalized spacial score (nSPS) is 11.8. The zero-order valence-corrected chi connectivity index (χ0v) is 13.0. The summed E-state index contributed by atoms with van der Waals surface area (Å²) in [7, 11) is -2.17. The van der Waals surface area contributed by atoms with Crippen molar-refractivity contribution in [2.45, 2.75) is 18.7 Å². The SMILES string of the molecule is CCN(CC)CCNS(=O)(=O)c1ccc(N)cc1OC. The van der Waals surface area contributed by atoms with Crippen LogP contribution >= 0.6 is 0 Å². The largest absolute Gasteiger partial charge is 0.495 e. The maximum Gasteiger partial charge on any atom is 0.244 e. The van der Waals surface area contributed by atoms with Crippen LogP contribution < -0.4 is 15.2 Å². The van der Waals surface area contributed by atoms with Crippen molar-refractivity contribution in [3.8, 4) is 5.75 Å². The summed E-state index contributed by atoms with van der Waals surface area (Å²) in [5.41, 5.74) is 6.08. The molecule has 0 heterocycles. The number of methoxy groups -OCH3 is 1. The van der Waals surface area contributed by atoms with Crippen LogP contribution in [0.4, 0.5) is 5.69 Å². The Balaban J connectivity index is 2.79. The summed E-state index contributed by atoms with van der Waals surface area (Å²) >= 11 is 0. The highest BCUT2D eigenvalue weighted by Gasteiger charge is 2.19. The van der Waals surface area contributed by atoms with Gasteiger partial charge in [-0.15, -0.1) is 0 Å². The number of likely N-dealkylation sites (N-methyl/N-ethyl adjacent to an activating group) is 1. The van der Waals surface area contributed by atoms with E-state index in [1.54, 1.807) is 6.07 Å². The Labute approximate surface area is 121 Å². The van der Waals surface area contributed by atoms with Gasteiger partial charge in [0.05, 0.1) is 7.11 Å². The van der Waals surface area contributed by atoms with Gasteiger partial charge in [0.2, 0.25) is 10.0 Å². The molecule has 0 radical (unpaired) electrons. The fourth-order valence-corrected chi connectivity index (χ4v) is 3.03. The predicted molar refractivity (Wildman–Crippen MR) is 80.4 cm³/mol. The molecule has 114 valence electrons. The van der Waals surface area contributed by atoms with E-state index in [1.807, 2.05) is 13.8 Å². The van der Waals surface area contributed by atoms with Crippen molar-refractivity contribution in [2.24, 2.45) is 0 Å². The van der Waals surface area contributed by atoms with Crippen LogP contribution in [0.25, 0.3) is 0 Å². The third-order valence-electron chi connectivity index (χ3n) is 3.09. The monoisotopic (exact) mass is 301 g/mol. The Kier molecular flexibility index (Phi) is 6.25. The third kappa shape index (κ3) is 4.36. The summed E-state index contributed by atoms with van der Waals surface area (Å²) in [5, 5.41) is 0. The van der Waals surface area contributed by atoms with Gasteiger partial charge in [-0.1, -0.05) is 13.8 Å². The highest BCUT2D eigenvalue weighted by atomic mass is 32.2. The number of hydrogen-bond acceptors (Lipinski definition) is 5. The molecule has 0 bridgehead atoms. The van der Waals surface area contributed by atoms with Gasteiger partial charge in [-0.25, -0.2) is 13.1 Å². The number of anilines is 1. The number of nitrogens with two attached hydrogens (primary N) is 1. The average molecular weight is 301 g/mol. The molecule has 0 aliphatic rings. The van der Waals surface area contributed by atoms with Gasteiger partial charge in [-0.05, 0) is 25.2 Å². The predicted octanol–water partition coefficient (Wildman–Crippen LogP) is 0.898. The Bertz CT molecular complexity index is 528. The maximum atomic E-state index is 12.2. The number of benzene rings is 1. The third-order valence-corrected chi connectivity index (χ3v) is 4.59. The van der Waals surface area contributed by atoms with E-state index in [1.165, 1.54) is 19.2 Å². The van der Waals surface area contributed by atoms with Crippen molar-refractivity contribution in [2.75, 3.05) is 39.0 Å². The minimum Gasteiger partial charge on any atom is -0.495 e. The first-order valence-corrected chi connectivity index (χ1v) is 8.08. The van der Waals surface area contributed by atoms with Crippen LogP contribution in [0.15, 0.2) is 23.1 Å². The zero-order chi connectivity index (χ0) is 15.2. The van der Waals surface area contributed by atoms with Gasteiger partial charge in [0.25, 0.3) is 0 Å². The van der Waals surface area contributed by atoms with Crippen LogP contribution in [-0.2, 0) is 10.0 Å². The fourth-order valence-electron chi connectivity index (χ4n) is 1.86. The topological polar surface area (TPSA) is 84.7 Å². The molecule has 7 heteroatoms. The molecule has 0 aliphatic heterocycles. The van der Waals surface area contributed by atoms with E-state index < -0.39 is 10.0 Å². The number of nitrogen functional groups attached to an aromatic ring is 1. The van der Waals surface area contributed by atoms with Crippen LogP contribution in [0.1, 0.15) is 13.8 Å². The number of nitrogens with one attached hydrogen (secondary N) is 1. The Morgan fingerprint density at radius 2 is 1.95 bits per heavy atom. The highest BCUT2D eigenvalue weighted by molar-refractivity contribution is 7.89. The second kappa shape index (κ2) is 7.47. The van der Waals surface area contributed by atoms with E-state index in [2.05, 4.69) is 9.62 Å². The van der Waals surface area contributed by atoms with E-state index in [9.17, 15) is 8.42 Å². The fraction of sp³-hybridized carbons (Fsp3) is 0.538. The number of nitrogens with zero attached hydrogens (tertiary/aromatic N) is 1. The van der Waals surface area contributed by atoms with E-state index in [0.717, 1.165) is 13.1 Å². The van der Waals surface area contributed by atoms with E-state index in [0.29, 0.717) is 18.8 Å². The van der Waals surface area contributed by atoms with E-state index in [-0.39, 0.29) is 10.6 Å². The molecule has 0 fully saturated rings. The van der Waals surface area contributed by atoms with Crippen LogP contribution in [0, 0.1) is 0 Å². The summed E-state index contributed by atoms with van der Waals surface area (Å²) < 4.78 is 32.1. The second-order valence-electron chi connectivity index (χ2n) is 4.33. The lowest BCUT2D eigenvalue weighted by Gasteiger charge is -2.18. The van der Waals surface area contributed by atoms with Gasteiger partial charge >= 0.3 is 0 Å². The van der Waals surface area contributed by atoms with Crippen molar-refractivity contribution in [3.63, 3.8) is 0 Å². The van der Waals surface area contributed by atoms with Gasteiger partial charge < -0.3 is 15.4 Å². The summed E-state index contributed by atoms with van der Waals surface area (Å²) in [4.78, 5) is 2.25. The molecule has 20 heavy (non-hydrogen) atoms. The summed E-state index contributed by atoms with van der Waals surface area (Å²) in [6.45, 7) is 6.90. The van der Waals surface area contributed by atoms with Gasteiger partial charge in [-0.3, -0.25) is 0 Å². The van der Waals surface area contributed by atoms with E-state index >= 15 is 0 Å². The minimum absolute atomic E-state index is 0.105. The number of ether oxygens (including phenoxy) is 1. The standard InChI is InChI=1S/C13H23N3O3S/c1-4-16(5-2)9-8-15-20(17,18)13-7-6-11(14)10-12(13)19-3/h6-7,10,15H,4-5,8-9,14H2,1-3H3. The molecule has 0 saturated carbocycles.